The molecule has 0 aromatic heterocycles. The molecule has 3 nitrogen and oxygen atoms in total. The van der Waals surface area contributed by atoms with Gasteiger partial charge in [-0.05, 0) is 51.6 Å². The van der Waals surface area contributed by atoms with E-state index < -0.39 is 0 Å². The molecule has 3 heteroatoms. The molecule has 0 aliphatic carbocycles. The van der Waals surface area contributed by atoms with Crippen molar-refractivity contribution in [2.45, 2.75) is 64.5 Å². The molecule has 2 saturated heterocycles. The van der Waals surface area contributed by atoms with Crippen molar-refractivity contribution in [2.75, 3.05) is 26.2 Å². The SMILES string of the molecule is C1CCNC1.CCCCCN1CCCCC1O. The Bertz CT molecular complexity index is 164. The van der Waals surface area contributed by atoms with Crippen LogP contribution in [0.25, 0.3) is 0 Å². The van der Waals surface area contributed by atoms with E-state index in [1.54, 1.807) is 0 Å². The van der Waals surface area contributed by atoms with Gasteiger partial charge in [0.15, 0.2) is 0 Å². The largest absolute Gasteiger partial charge is 0.378 e. The summed E-state index contributed by atoms with van der Waals surface area (Å²) < 4.78 is 0. The zero-order valence-electron chi connectivity index (χ0n) is 11.5. The lowest BCUT2D eigenvalue weighted by atomic mass is 10.1. The molecule has 2 aliphatic heterocycles. The van der Waals surface area contributed by atoms with Crippen molar-refractivity contribution in [2.24, 2.45) is 0 Å². The van der Waals surface area contributed by atoms with Gasteiger partial charge < -0.3 is 10.4 Å². The summed E-state index contributed by atoms with van der Waals surface area (Å²) in [6, 6.07) is 0. The predicted molar refractivity (Wildman–Crippen MR) is 73.1 cm³/mol. The van der Waals surface area contributed by atoms with E-state index in [2.05, 4.69) is 17.1 Å². The van der Waals surface area contributed by atoms with Gasteiger partial charge in [-0.15, -0.1) is 0 Å². The molecule has 0 aromatic carbocycles. The number of aliphatic hydroxyl groups is 1. The van der Waals surface area contributed by atoms with Crippen molar-refractivity contribution in [1.82, 2.24) is 10.2 Å². The van der Waals surface area contributed by atoms with Crippen LogP contribution in [0.5, 0.6) is 0 Å². The number of piperidine rings is 1. The van der Waals surface area contributed by atoms with Crippen LogP contribution in [0.4, 0.5) is 0 Å². The fourth-order valence-corrected chi connectivity index (χ4v) is 2.42. The first-order chi connectivity index (χ1) is 8.34. The Balaban J connectivity index is 0.000000239. The van der Waals surface area contributed by atoms with Crippen molar-refractivity contribution in [3.63, 3.8) is 0 Å². The molecule has 0 saturated carbocycles. The number of aliphatic hydroxyl groups excluding tert-OH is 1. The smallest absolute Gasteiger partial charge is 0.107 e. The van der Waals surface area contributed by atoms with E-state index in [0.717, 1.165) is 19.5 Å². The molecule has 17 heavy (non-hydrogen) atoms. The molecule has 0 spiro atoms. The van der Waals surface area contributed by atoms with Gasteiger partial charge in [0.2, 0.25) is 0 Å². The van der Waals surface area contributed by atoms with Crippen LogP contribution in [-0.4, -0.2) is 42.4 Å². The highest BCUT2D eigenvalue weighted by molar-refractivity contribution is 4.68. The third-order valence-electron chi connectivity index (χ3n) is 3.59. The number of rotatable bonds is 4. The first-order valence-corrected chi connectivity index (χ1v) is 7.47. The van der Waals surface area contributed by atoms with Gasteiger partial charge in [0.25, 0.3) is 0 Å². The lowest BCUT2D eigenvalue weighted by Crippen LogP contribution is -2.39. The van der Waals surface area contributed by atoms with Crippen LogP contribution in [0.2, 0.25) is 0 Å². The van der Waals surface area contributed by atoms with Crippen molar-refractivity contribution in [3.05, 3.63) is 0 Å². The van der Waals surface area contributed by atoms with Crippen LogP contribution >= 0.6 is 0 Å². The van der Waals surface area contributed by atoms with E-state index in [9.17, 15) is 5.11 Å². The predicted octanol–water partition coefficient (Wildman–Crippen LogP) is 2.35. The highest BCUT2D eigenvalue weighted by Crippen LogP contribution is 2.15. The molecule has 2 heterocycles. The van der Waals surface area contributed by atoms with Crippen molar-refractivity contribution in [1.29, 1.82) is 0 Å². The van der Waals surface area contributed by atoms with Gasteiger partial charge in [0.1, 0.15) is 6.23 Å². The summed E-state index contributed by atoms with van der Waals surface area (Å²) in [5.74, 6) is 0. The van der Waals surface area contributed by atoms with Crippen LogP contribution in [0, 0.1) is 0 Å². The normalized spacial score (nSPS) is 25.4. The Morgan fingerprint density at radius 3 is 2.41 bits per heavy atom. The van der Waals surface area contributed by atoms with Gasteiger partial charge in [-0.2, -0.15) is 0 Å². The minimum absolute atomic E-state index is 0.143. The fourth-order valence-electron chi connectivity index (χ4n) is 2.42. The number of hydrogen-bond acceptors (Lipinski definition) is 3. The minimum Gasteiger partial charge on any atom is -0.378 e. The molecular formula is C14H30N2O. The summed E-state index contributed by atoms with van der Waals surface area (Å²) in [4.78, 5) is 2.22. The topological polar surface area (TPSA) is 35.5 Å². The van der Waals surface area contributed by atoms with E-state index in [1.807, 2.05) is 0 Å². The average molecular weight is 242 g/mol. The van der Waals surface area contributed by atoms with E-state index >= 15 is 0 Å². The Hall–Kier alpha value is -0.120. The van der Waals surface area contributed by atoms with Gasteiger partial charge >= 0.3 is 0 Å². The van der Waals surface area contributed by atoms with Gasteiger partial charge in [0, 0.05) is 13.1 Å². The second kappa shape index (κ2) is 9.86. The molecule has 2 N–H and O–H groups in total. The maximum absolute atomic E-state index is 9.59. The molecule has 0 bridgehead atoms. The fraction of sp³-hybridized carbons (Fsp3) is 1.00. The lowest BCUT2D eigenvalue weighted by Gasteiger charge is -2.31. The minimum atomic E-state index is -0.143. The summed E-state index contributed by atoms with van der Waals surface area (Å²) >= 11 is 0. The first-order valence-electron chi connectivity index (χ1n) is 7.47. The van der Waals surface area contributed by atoms with Gasteiger partial charge in [-0.25, -0.2) is 0 Å². The van der Waals surface area contributed by atoms with Crippen LogP contribution < -0.4 is 5.32 Å². The summed E-state index contributed by atoms with van der Waals surface area (Å²) in [5.41, 5.74) is 0. The monoisotopic (exact) mass is 242 g/mol. The zero-order valence-corrected chi connectivity index (χ0v) is 11.5. The lowest BCUT2D eigenvalue weighted by molar-refractivity contribution is -0.0242. The van der Waals surface area contributed by atoms with E-state index in [0.29, 0.717) is 0 Å². The Kier molecular flexibility index (Phi) is 8.67. The Labute approximate surface area is 107 Å². The Morgan fingerprint density at radius 1 is 1.12 bits per heavy atom. The second-order valence-electron chi connectivity index (χ2n) is 5.18. The summed E-state index contributed by atoms with van der Waals surface area (Å²) in [7, 11) is 0. The number of nitrogens with zero attached hydrogens (tertiary/aromatic N) is 1. The van der Waals surface area contributed by atoms with E-state index in [4.69, 9.17) is 0 Å². The van der Waals surface area contributed by atoms with Crippen LogP contribution in [0.3, 0.4) is 0 Å². The quantitative estimate of drug-likeness (QED) is 0.743. The third-order valence-corrected chi connectivity index (χ3v) is 3.59. The summed E-state index contributed by atoms with van der Waals surface area (Å²) in [6.07, 6.45) is 9.89. The molecular weight excluding hydrogens is 212 g/mol. The molecule has 0 radical (unpaired) electrons. The van der Waals surface area contributed by atoms with Crippen molar-refractivity contribution >= 4 is 0 Å². The molecule has 2 fully saturated rings. The number of likely N-dealkylation sites (tertiary alicyclic amines) is 1. The molecule has 102 valence electrons. The van der Waals surface area contributed by atoms with Crippen LogP contribution in [0.1, 0.15) is 58.3 Å². The molecule has 1 atom stereocenters. The number of unbranched alkanes of at least 4 members (excludes halogenated alkanes) is 2. The van der Waals surface area contributed by atoms with Crippen molar-refractivity contribution < 1.29 is 5.11 Å². The van der Waals surface area contributed by atoms with E-state index in [1.165, 1.54) is 58.0 Å². The molecule has 0 aromatic rings. The highest BCUT2D eigenvalue weighted by Gasteiger charge is 2.18. The van der Waals surface area contributed by atoms with Crippen LogP contribution in [0.15, 0.2) is 0 Å². The molecule has 1 unspecified atom stereocenters. The maximum atomic E-state index is 9.59. The summed E-state index contributed by atoms with van der Waals surface area (Å²) in [5, 5.41) is 12.8. The molecule has 2 rings (SSSR count). The Morgan fingerprint density at radius 2 is 1.88 bits per heavy atom. The van der Waals surface area contributed by atoms with Gasteiger partial charge in [-0.3, -0.25) is 4.90 Å². The van der Waals surface area contributed by atoms with Gasteiger partial charge in [-0.1, -0.05) is 19.8 Å². The maximum Gasteiger partial charge on any atom is 0.107 e. The molecule has 2 aliphatic rings. The van der Waals surface area contributed by atoms with E-state index in [-0.39, 0.29) is 6.23 Å². The number of hydrogen-bond donors (Lipinski definition) is 2. The third kappa shape index (κ3) is 7.02. The summed E-state index contributed by atoms with van der Waals surface area (Å²) in [6.45, 7) is 6.91. The van der Waals surface area contributed by atoms with Crippen molar-refractivity contribution in [3.8, 4) is 0 Å². The standard InChI is InChI=1S/C10H21NO.C4H9N/c1-2-3-5-8-11-9-6-4-7-10(11)12;1-2-4-5-3-1/h10,12H,2-9H2,1H3;5H,1-4H2. The first kappa shape index (κ1) is 14.9. The molecule has 0 amide bonds. The van der Waals surface area contributed by atoms with Gasteiger partial charge in [0.05, 0.1) is 0 Å². The van der Waals surface area contributed by atoms with Crippen LogP contribution in [-0.2, 0) is 0 Å². The second-order valence-corrected chi connectivity index (χ2v) is 5.18. The average Bonchev–Trinajstić information content (AvgIpc) is 2.91. The highest BCUT2D eigenvalue weighted by atomic mass is 16.3. The number of nitrogens with one attached hydrogen (secondary N) is 1. The zero-order chi connectivity index (χ0) is 12.3.